The van der Waals surface area contributed by atoms with Crippen LogP contribution < -0.4 is 19.7 Å². The van der Waals surface area contributed by atoms with Gasteiger partial charge in [-0.1, -0.05) is 0 Å². The molecule has 0 unspecified atom stereocenters. The van der Waals surface area contributed by atoms with Gasteiger partial charge in [-0.15, -0.1) is 0 Å². The molecule has 2 aromatic rings. The molecular weight excluding hydrogens is 362 g/mol. The van der Waals surface area contributed by atoms with Crippen molar-refractivity contribution in [3.63, 3.8) is 0 Å². The lowest BCUT2D eigenvalue weighted by Gasteiger charge is -2.34. The van der Waals surface area contributed by atoms with Crippen molar-refractivity contribution in [1.82, 2.24) is 10.2 Å². The minimum absolute atomic E-state index is 0.629. The van der Waals surface area contributed by atoms with Crippen LogP contribution in [0.25, 0.3) is 0 Å². The first-order chi connectivity index (χ1) is 13.1. The highest BCUT2D eigenvalue weighted by Crippen LogP contribution is 2.29. The highest BCUT2D eigenvalue weighted by atomic mass is 32.1. The van der Waals surface area contributed by atoms with E-state index in [1.165, 1.54) is 11.1 Å². The van der Waals surface area contributed by atoms with Crippen molar-refractivity contribution >= 4 is 17.3 Å². The molecule has 0 spiro atoms. The lowest BCUT2D eigenvalue weighted by molar-refractivity contribution is -0.917. The third-order valence-electron chi connectivity index (χ3n) is 5.03. The van der Waals surface area contributed by atoms with Crippen molar-refractivity contribution in [1.29, 1.82) is 0 Å². The Morgan fingerprint density at radius 3 is 2.56 bits per heavy atom. The van der Waals surface area contributed by atoms with Gasteiger partial charge in [-0.25, -0.2) is 0 Å². The lowest BCUT2D eigenvalue weighted by Crippen LogP contribution is -3.13. The average molecular weight is 391 g/mol. The van der Waals surface area contributed by atoms with Gasteiger partial charge in [0.15, 0.2) is 16.6 Å². The van der Waals surface area contributed by atoms with Crippen LogP contribution in [-0.2, 0) is 13.1 Å². The third kappa shape index (κ3) is 4.93. The van der Waals surface area contributed by atoms with Crippen molar-refractivity contribution < 1.29 is 18.8 Å². The van der Waals surface area contributed by atoms with E-state index in [1.807, 2.05) is 12.1 Å². The van der Waals surface area contributed by atoms with Crippen molar-refractivity contribution in [3.05, 3.63) is 47.4 Å². The summed E-state index contributed by atoms with van der Waals surface area (Å²) in [6.45, 7) is 7.74. The topological polar surface area (TPSA) is 51.3 Å². The van der Waals surface area contributed by atoms with Crippen LogP contribution in [0.5, 0.6) is 11.5 Å². The van der Waals surface area contributed by atoms with E-state index in [0.29, 0.717) is 6.54 Å². The van der Waals surface area contributed by atoms with Crippen LogP contribution in [0.3, 0.4) is 0 Å². The van der Waals surface area contributed by atoms with Crippen LogP contribution in [-0.4, -0.2) is 50.4 Å². The van der Waals surface area contributed by atoms with Gasteiger partial charge in [0.2, 0.25) is 0 Å². The fourth-order valence-electron chi connectivity index (χ4n) is 3.37. The third-order valence-corrected chi connectivity index (χ3v) is 5.44. The second-order valence-corrected chi connectivity index (χ2v) is 7.17. The Bertz CT molecular complexity index is 756. The largest absolute Gasteiger partial charge is 0.493 e. The van der Waals surface area contributed by atoms with Gasteiger partial charge >= 0.3 is 0 Å². The SMILES string of the molecule is COc1cc(C)c(C[NH+]2CCN(C(=S)NCc3ccco3)CC2)cc1OC. The fraction of sp³-hybridized carbons (Fsp3) is 0.450. The maximum atomic E-state index is 5.53. The molecule has 6 nitrogen and oxygen atoms in total. The number of rotatable bonds is 6. The van der Waals surface area contributed by atoms with Crippen LogP contribution in [0.15, 0.2) is 34.9 Å². The first kappa shape index (κ1) is 19.5. The minimum Gasteiger partial charge on any atom is -0.493 e. The standard InChI is InChI=1S/C20H27N3O3S/c1-15-11-18(24-2)19(25-3)12-16(15)14-22-6-8-23(9-7-22)20(27)21-13-17-5-4-10-26-17/h4-5,10-12H,6-9,13-14H2,1-3H3,(H,21,27)/p+1. The Labute approximate surface area is 166 Å². The first-order valence-corrected chi connectivity index (χ1v) is 9.61. The molecule has 1 aliphatic rings. The quantitative estimate of drug-likeness (QED) is 0.727. The molecule has 1 fully saturated rings. The molecule has 1 saturated heterocycles. The summed E-state index contributed by atoms with van der Waals surface area (Å²) in [5.41, 5.74) is 2.54. The zero-order chi connectivity index (χ0) is 19.2. The molecule has 0 amide bonds. The van der Waals surface area contributed by atoms with Gasteiger partial charge in [-0.3, -0.25) is 0 Å². The Kier molecular flexibility index (Phi) is 6.58. The Morgan fingerprint density at radius 1 is 1.22 bits per heavy atom. The number of nitrogens with one attached hydrogen (secondary N) is 2. The summed E-state index contributed by atoms with van der Waals surface area (Å²) in [6, 6.07) is 7.99. The van der Waals surface area contributed by atoms with E-state index in [1.54, 1.807) is 25.4 Å². The zero-order valence-corrected chi connectivity index (χ0v) is 17.0. The van der Waals surface area contributed by atoms with Gasteiger partial charge in [0.1, 0.15) is 12.3 Å². The number of hydrogen-bond acceptors (Lipinski definition) is 4. The number of ether oxygens (including phenoxy) is 2. The molecule has 0 radical (unpaired) electrons. The van der Waals surface area contributed by atoms with Gasteiger partial charge in [0, 0.05) is 5.56 Å². The molecule has 3 rings (SSSR count). The van der Waals surface area contributed by atoms with Gasteiger partial charge in [-0.2, -0.15) is 0 Å². The van der Waals surface area contributed by atoms with E-state index in [4.69, 9.17) is 26.1 Å². The number of piperazine rings is 1. The van der Waals surface area contributed by atoms with Crippen LogP contribution in [0.2, 0.25) is 0 Å². The minimum atomic E-state index is 0.629. The Morgan fingerprint density at radius 2 is 1.93 bits per heavy atom. The summed E-state index contributed by atoms with van der Waals surface area (Å²) in [4.78, 5) is 3.79. The average Bonchev–Trinajstić information content (AvgIpc) is 3.21. The highest BCUT2D eigenvalue weighted by Gasteiger charge is 2.23. The molecule has 1 aromatic heterocycles. The molecule has 2 N–H and O–H groups in total. The number of benzene rings is 1. The zero-order valence-electron chi connectivity index (χ0n) is 16.2. The van der Waals surface area contributed by atoms with Gasteiger partial charge in [-0.05, 0) is 49.0 Å². The van der Waals surface area contributed by atoms with Crippen LogP contribution in [0, 0.1) is 6.92 Å². The van der Waals surface area contributed by atoms with Crippen LogP contribution >= 0.6 is 12.2 Å². The van der Waals surface area contributed by atoms with E-state index in [2.05, 4.69) is 29.3 Å². The fourth-order valence-corrected chi connectivity index (χ4v) is 3.63. The first-order valence-electron chi connectivity index (χ1n) is 9.21. The van der Waals surface area contributed by atoms with E-state index in [0.717, 1.165) is 55.1 Å². The second-order valence-electron chi connectivity index (χ2n) is 6.79. The van der Waals surface area contributed by atoms with E-state index >= 15 is 0 Å². The Hall–Kier alpha value is -2.25. The van der Waals surface area contributed by atoms with Crippen molar-refractivity contribution in [2.75, 3.05) is 40.4 Å². The number of thiocarbonyl (C=S) groups is 1. The number of aryl methyl sites for hydroxylation is 1. The second kappa shape index (κ2) is 9.10. The maximum absolute atomic E-state index is 5.53. The molecule has 2 heterocycles. The monoisotopic (exact) mass is 390 g/mol. The maximum Gasteiger partial charge on any atom is 0.169 e. The molecule has 0 saturated carbocycles. The number of methoxy groups -OCH3 is 2. The summed E-state index contributed by atoms with van der Waals surface area (Å²) >= 11 is 5.53. The summed E-state index contributed by atoms with van der Waals surface area (Å²) < 4.78 is 16.2. The number of nitrogens with zero attached hydrogens (tertiary/aromatic N) is 1. The molecule has 7 heteroatoms. The van der Waals surface area contributed by atoms with Gasteiger partial charge in [0.05, 0.1) is 53.2 Å². The van der Waals surface area contributed by atoms with Crippen LogP contribution in [0.1, 0.15) is 16.9 Å². The number of quaternary nitrogens is 1. The molecular formula is C20H28N3O3S+. The predicted molar refractivity (Wildman–Crippen MR) is 108 cm³/mol. The van der Waals surface area contributed by atoms with E-state index < -0.39 is 0 Å². The van der Waals surface area contributed by atoms with Crippen molar-refractivity contribution in [3.8, 4) is 11.5 Å². The number of furan rings is 1. The molecule has 1 aromatic carbocycles. The lowest BCUT2D eigenvalue weighted by atomic mass is 10.1. The summed E-state index contributed by atoms with van der Waals surface area (Å²) in [5, 5.41) is 4.08. The summed E-state index contributed by atoms with van der Waals surface area (Å²) in [6.07, 6.45) is 1.68. The van der Waals surface area contributed by atoms with Crippen molar-refractivity contribution in [2.45, 2.75) is 20.0 Å². The smallest absolute Gasteiger partial charge is 0.169 e. The summed E-state index contributed by atoms with van der Waals surface area (Å²) in [5.74, 6) is 2.47. The molecule has 0 atom stereocenters. The number of hydrogen-bond donors (Lipinski definition) is 2. The molecule has 1 aliphatic heterocycles. The summed E-state index contributed by atoms with van der Waals surface area (Å²) in [7, 11) is 3.35. The molecule has 146 valence electrons. The molecule has 0 aliphatic carbocycles. The normalized spacial score (nSPS) is 14.9. The van der Waals surface area contributed by atoms with E-state index in [9.17, 15) is 0 Å². The predicted octanol–water partition coefficient (Wildman–Crippen LogP) is 1.38. The Balaban J connectivity index is 1.51. The van der Waals surface area contributed by atoms with Gasteiger partial charge < -0.3 is 29.0 Å². The van der Waals surface area contributed by atoms with E-state index in [-0.39, 0.29) is 0 Å². The molecule has 27 heavy (non-hydrogen) atoms. The van der Waals surface area contributed by atoms with Crippen molar-refractivity contribution in [2.24, 2.45) is 0 Å². The van der Waals surface area contributed by atoms with Crippen LogP contribution in [0.4, 0.5) is 0 Å². The molecule has 0 bridgehead atoms. The highest BCUT2D eigenvalue weighted by molar-refractivity contribution is 7.80. The van der Waals surface area contributed by atoms with Gasteiger partial charge in [0.25, 0.3) is 0 Å².